The Morgan fingerprint density at radius 1 is 1.33 bits per heavy atom. The molecule has 104 valence electrons. The number of hydrogen-bond donors (Lipinski definition) is 0. The fourth-order valence-corrected chi connectivity index (χ4v) is 1.73. The summed E-state index contributed by atoms with van der Waals surface area (Å²) >= 11 is 0. The summed E-state index contributed by atoms with van der Waals surface area (Å²) < 4.78 is 10.2. The first-order chi connectivity index (χ1) is 8.29. The van der Waals surface area contributed by atoms with Crippen LogP contribution in [0.15, 0.2) is 0 Å². The second-order valence-electron chi connectivity index (χ2n) is 5.85. The molecule has 0 aromatic carbocycles. The zero-order chi connectivity index (χ0) is 13.8. The highest BCUT2D eigenvalue weighted by Gasteiger charge is 2.26. The van der Waals surface area contributed by atoms with Crippen molar-refractivity contribution in [1.29, 1.82) is 0 Å². The fraction of sp³-hybridized carbons (Fsp3) is 0.846. The molecule has 1 aliphatic heterocycles. The van der Waals surface area contributed by atoms with Crippen molar-refractivity contribution in [3.05, 3.63) is 0 Å². The fourth-order valence-electron chi connectivity index (χ4n) is 1.73. The summed E-state index contributed by atoms with van der Waals surface area (Å²) in [5.41, 5.74) is -0.666. The van der Waals surface area contributed by atoms with Gasteiger partial charge in [0.05, 0.1) is 11.5 Å². The van der Waals surface area contributed by atoms with Crippen molar-refractivity contribution >= 4 is 11.9 Å². The van der Waals surface area contributed by atoms with E-state index in [1.54, 1.807) is 20.8 Å². The summed E-state index contributed by atoms with van der Waals surface area (Å²) in [4.78, 5) is 25.1. The van der Waals surface area contributed by atoms with Crippen molar-refractivity contribution in [1.82, 2.24) is 4.90 Å². The topological polar surface area (TPSA) is 55.8 Å². The van der Waals surface area contributed by atoms with Crippen LogP contribution < -0.4 is 0 Å². The van der Waals surface area contributed by atoms with Gasteiger partial charge < -0.3 is 14.4 Å². The Kier molecular flexibility index (Phi) is 5.28. The van der Waals surface area contributed by atoms with Gasteiger partial charge in [-0.3, -0.25) is 4.79 Å². The third kappa shape index (κ3) is 5.14. The number of ether oxygens (including phenoxy) is 2. The number of likely N-dealkylation sites (tertiary alicyclic amines) is 1. The molecule has 0 aromatic rings. The van der Waals surface area contributed by atoms with Gasteiger partial charge in [0.2, 0.25) is 0 Å². The van der Waals surface area contributed by atoms with E-state index < -0.39 is 17.4 Å². The lowest BCUT2D eigenvalue weighted by molar-refractivity contribution is -0.170. The van der Waals surface area contributed by atoms with Crippen LogP contribution in [-0.2, 0) is 19.1 Å². The van der Waals surface area contributed by atoms with Crippen molar-refractivity contribution in [2.24, 2.45) is 5.41 Å². The van der Waals surface area contributed by atoms with E-state index in [1.807, 2.05) is 7.05 Å². The highest BCUT2D eigenvalue weighted by atomic mass is 16.6. The first kappa shape index (κ1) is 15.1. The zero-order valence-corrected chi connectivity index (χ0v) is 11.7. The molecule has 1 rings (SSSR count). The molecule has 0 saturated carbocycles. The molecular weight excluding hydrogens is 234 g/mol. The smallest absolute Gasteiger partial charge is 0.339 e. The number of carbonyl (C=O) groups excluding carboxylic acids is 2. The van der Waals surface area contributed by atoms with Gasteiger partial charge in [-0.05, 0) is 47.2 Å². The van der Waals surface area contributed by atoms with E-state index in [0.717, 1.165) is 25.9 Å². The maximum atomic E-state index is 11.5. The molecule has 0 bridgehead atoms. The molecule has 1 aliphatic rings. The number of hydrogen-bond acceptors (Lipinski definition) is 5. The first-order valence-electron chi connectivity index (χ1n) is 6.34. The van der Waals surface area contributed by atoms with E-state index in [9.17, 15) is 9.59 Å². The van der Waals surface area contributed by atoms with E-state index in [4.69, 9.17) is 9.47 Å². The molecule has 5 nitrogen and oxygen atoms in total. The van der Waals surface area contributed by atoms with Crippen LogP contribution in [0.1, 0.15) is 33.6 Å². The van der Waals surface area contributed by atoms with Crippen LogP contribution in [0.2, 0.25) is 0 Å². The monoisotopic (exact) mass is 257 g/mol. The van der Waals surface area contributed by atoms with Crippen LogP contribution >= 0.6 is 0 Å². The average molecular weight is 257 g/mol. The van der Waals surface area contributed by atoms with E-state index in [1.165, 1.54) is 0 Å². The number of carbonyl (C=O) groups is 2. The molecule has 0 radical (unpaired) electrons. The molecule has 0 aliphatic carbocycles. The van der Waals surface area contributed by atoms with Gasteiger partial charge in [-0.2, -0.15) is 0 Å². The van der Waals surface area contributed by atoms with Gasteiger partial charge in [0.15, 0.2) is 0 Å². The molecule has 1 saturated heterocycles. The first-order valence-corrected chi connectivity index (χ1v) is 6.34. The van der Waals surface area contributed by atoms with Gasteiger partial charge in [0.1, 0.15) is 6.61 Å². The lowest BCUT2D eigenvalue weighted by Crippen LogP contribution is -2.38. The molecule has 0 spiro atoms. The van der Waals surface area contributed by atoms with Crippen LogP contribution in [-0.4, -0.2) is 49.7 Å². The summed E-state index contributed by atoms with van der Waals surface area (Å²) in [6, 6.07) is 0. The number of nitrogens with zero attached hydrogens (tertiary/aromatic N) is 1. The summed E-state index contributed by atoms with van der Waals surface area (Å²) in [5.74, 6) is -1.12. The Balaban J connectivity index is 2.27. The SMILES string of the molecule is CN1CCC[C@@H](OCC(=O)OC(=O)C(C)(C)C)C1. The number of rotatable bonds is 3. The maximum Gasteiger partial charge on any atom is 0.339 e. The molecule has 0 amide bonds. The van der Waals surface area contributed by atoms with Crippen LogP contribution in [0.3, 0.4) is 0 Å². The van der Waals surface area contributed by atoms with Crippen molar-refractivity contribution in [2.45, 2.75) is 39.7 Å². The Hall–Kier alpha value is -0.940. The molecule has 0 N–H and O–H groups in total. The largest absolute Gasteiger partial charge is 0.391 e. The minimum atomic E-state index is -0.666. The van der Waals surface area contributed by atoms with E-state index in [0.29, 0.717) is 0 Å². The molecule has 5 heteroatoms. The summed E-state index contributed by atoms with van der Waals surface area (Å²) in [6.45, 7) is 6.85. The van der Waals surface area contributed by atoms with Crippen molar-refractivity contribution in [2.75, 3.05) is 26.7 Å². The van der Waals surface area contributed by atoms with Crippen LogP contribution in [0.25, 0.3) is 0 Å². The number of esters is 2. The van der Waals surface area contributed by atoms with Crippen molar-refractivity contribution < 1.29 is 19.1 Å². The minimum Gasteiger partial charge on any atom is -0.391 e. The normalized spacial score (nSPS) is 21.7. The van der Waals surface area contributed by atoms with E-state index >= 15 is 0 Å². The van der Waals surface area contributed by atoms with Gasteiger partial charge in [0.25, 0.3) is 0 Å². The summed E-state index contributed by atoms with van der Waals surface area (Å²) in [7, 11) is 2.02. The molecule has 0 unspecified atom stereocenters. The second-order valence-corrected chi connectivity index (χ2v) is 5.85. The number of likely N-dealkylation sites (N-methyl/N-ethyl adjacent to an activating group) is 1. The third-order valence-corrected chi connectivity index (χ3v) is 2.84. The second kappa shape index (κ2) is 6.29. The maximum absolute atomic E-state index is 11.5. The minimum absolute atomic E-state index is 0.0565. The quantitative estimate of drug-likeness (QED) is 0.562. The van der Waals surface area contributed by atoms with E-state index in [2.05, 4.69) is 4.90 Å². The molecule has 0 aromatic heterocycles. The predicted molar refractivity (Wildman–Crippen MR) is 67.0 cm³/mol. The standard InChI is InChI=1S/C13H23NO4/c1-13(2,3)12(16)18-11(15)9-17-10-6-5-7-14(4)8-10/h10H,5-9H2,1-4H3/t10-/m1/s1. The van der Waals surface area contributed by atoms with Crippen molar-refractivity contribution in [3.8, 4) is 0 Å². The molecule has 1 heterocycles. The van der Waals surface area contributed by atoms with Gasteiger partial charge in [-0.25, -0.2) is 4.79 Å². The average Bonchev–Trinajstić information content (AvgIpc) is 2.25. The predicted octanol–water partition coefficient (Wildman–Crippen LogP) is 1.21. The lowest BCUT2D eigenvalue weighted by Gasteiger charge is -2.29. The van der Waals surface area contributed by atoms with Gasteiger partial charge in [-0.15, -0.1) is 0 Å². The molecule has 1 atom stereocenters. The van der Waals surface area contributed by atoms with Gasteiger partial charge in [0, 0.05) is 6.54 Å². The molecular formula is C13H23NO4. The Bertz CT molecular complexity index is 309. The van der Waals surface area contributed by atoms with Crippen molar-refractivity contribution in [3.63, 3.8) is 0 Å². The van der Waals surface area contributed by atoms with Crippen LogP contribution in [0, 0.1) is 5.41 Å². The highest BCUT2D eigenvalue weighted by Crippen LogP contribution is 2.15. The third-order valence-electron chi connectivity index (χ3n) is 2.84. The van der Waals surface area contributed by atoms with Crippen LogP contribution in [0.5, 0.6) is 0 Å². The highest BCUT2D eigenvalue weighted by molar-refractivity contribution is 5.88. The lowest BCUT2D eigenvalue weighted by atomic mass is 9.97. The Morgan fingerprint density at radius 3 is 2.56 bits per heavy atom. The van der Waals surface area contributed by atoms with E-state index in [-0.39, 0.29) is 12.7 Å². The Labute approximate surface area is 108 Å². The zero-order valence-electron chi connectivity index (χ0n) is 11.7. The van der Waals surface area contributed by atoms with Crippen LogP contribution in [0.4, 0.5) is 0 Å². The molecule has 18 heavy (non-hydrogen) atoms. The summed E-state index contributed by atoms with van der Waals surface area (Å²) in [5, 5.41) is 0. The van der Waals surface area contributed by atoms with Gasteiger partial charge in [-0.1, -0.05) is 0 Å². The Morgan fingerprint density at radius 2 is 2.00 bits per heavy atom. The summed E-state index contributed by atoms with van der Waals surface area (Å²) in [6.07, 6.45) is 2.07. The van der Waals surface area contributed by atoms with Gasteiger partial charge >= 0.3 is 11.9 Å². The molecule has 1 fully saturated rings. The number of piperidine rings is 1.